The number of carbonyl (C=O) groups is 2. The first-order valence-electron chi connectivity index (χ1n) is 6.44. The van der Waals surface area contributed by atoms with Crippen molar-refractivity contribution in [3.05, 3.63) is 0 Å². The Labute approximate surface area is 103 Å². The molecule has 0 aromatic carbocycles. The van der Waals surface area contributed by atoms with Crippen molar-refractivity contribution in [1.29, 1.82) is 0 Å². The first-order valence-corrected chi connectivity index (χ1v) is 6.44. The summed E-state index contributed by atoms with van der Waals surface area (Å²) in [5.74, 6) is -1.08. The molecule has 0 aliphatic heterocycles. The Hall–Kier alpha value is -1.06. The van der Waals surface area contributed by atoms with Gasteiger partial charge < -0.3 is 10.4 Å². The molecule has 1 rings (SSSR count). The smallest absolute Gasteiger partial charge is 0.318 e. The summed E-state index contributed by atoms with van der Waals surface area (Å²) in [6, 6.07) is 0.211. The lowest BCUT2D eigenvalue weighted by Crippen LogP contribution is -2.46. The number of carbonyl (C=O) groups excluding carboxylic acids is 1. The zero-order chi connectivity index (χ0) is 13.1. The molecule has 2 atom stereocenters. The summed E-state index contributed by atoms with van der Waals surface area (Å²) in [6.07, 6.45) is 4.34. The molecule has 1 aliphatic carbocycles. The van der Waals surface area contributed by atoms with Crippen LogP contribution in [-0.4, -0.2) is 23.0 Å². The van der Waals surface area contributed by atoms with E-state index in [1.165, 1.54) is 0 Å². The summed E-state index contributed by atoms with van der Waals surface area (Å²) < 4.78 is 0. The molecule has 1 saturated carbocycles. The van der Waals surface area contributed by atoms with Gasteiger partial charge in [0.15, 0.2) is 0 Å². The van der Waals surface area contributed by atoms with Crippen molar-refractivity contribution in [2.75, 3.05) is 0 Å². The highest BCUT2D eigenvalue weighted by Gasteiger charge is 2.43. The quantitative estimate of drug-likeness (QED) is 0.671. The molecular formula is C13H23NO3. The van der Waals surface area contributed by atoms with E-state index in [0.29, 0.717) is 6.42 Å². The highest BCUT2D eigenvalue weighted by atomic mass is 16.4. The Bertz CT molecular complexity index is 299. The van der Waals surface area contributed by atoms with Gasteiger partial charge >= 0.3 is 5.97 Å². The molecule has 1 aliphatic rings. The number of hydrogen-bond acceptors (Lipinski definition) is 2. The molecule has 4 nitrogen and oxygen atoms in total. The highest BCUT2D eigenvalue weighted by molar-refractivity contribution is 6.01. The van der Waals surface area contributed by atoms with Crippen molar-refractivity contribution in [2.45, 2.75) is 58.9 Å². The van der Waals surface area contributed by atoms with Crippen LogP contribution < -0.4 is 5.32 Å². The van der Waals surface area contributed by atoms with E-state index >= 15 is 0 Å². The third-order valence-corrected chi connectivity index (χ3v) is 3.42. The lowest BCUT2D eigenvalue weighted by Gasteiger charge is -2.26. The predicted octanol–water partition coefficient (Wildman–Crippen LogP) is 2.18. The van der Waals surface area contributed by atoms with Gasteiger partial charge in [0.1, 0.15) is 5.41 Å². The lowest BCUT2D eigenvalue weighted by molar-refractivity contribution is -0.156. The van der Waals surface area contributed by atoms with Gasteiger partial charge in [-0.1, -0.05) is 26.7 Å². The fourth-order valence-electron chi connectivity index (χ4n) is 2.14. The minimum Gasteiger partial charge on any atom is -0.480 e. The number of carboxylic acids is 1. The number of rotatable bonds is 7. The topological polar surface area (TPSA) is 66.4 Å². The largest absolute Gasteiger partial charge is 0.480 e. The average molecular weight is 241 g/mol. The fourth-order valence-corrected chi connectivity index (χ4v) is 2.14. The molecule has 17 heavy (non-hydrogen) atoms. The zero-order valence-electron chi connectivity index (χ0n) is 11.0. The maximum Gasteiger partial charge on any atom is 0.318 e. The van der Waals surface area contributed by atoms with E-state index in [0.717, 1.165) is 25.7 Å². The molecule has 1 fully saturated rings. The van der Waals surface area contributed by atoms with E-state index in [9.17, 15) is 14.7 Å². The standard InChI is InChI=1S/C13H23NO3/c1-4-5-9(2)8-13(3,12(16)17)11(15)14-10-6-7-10/h9-10H,4-8H2,1-3H3,(H,14,15)(H,16,17). The lowest BCUT2D eigenvalue weighted by atomic mass is 9.79. The molecule has 0 saturated heterocycles. The normalized spacial score (nSPS) is 20.4. The van der Waals surface area contributed by atoms with Gasteiger partial charge in [-0.25, -0.2) is 0 Å². The van der Waals surface area contributed by atoms with Gasteiger partial charge in [-0.2, -0.15) is 0 Å². The van der Waals surface area contributed by atoms with Crippen molar-refractivity contribution < 1.29 is 14.7 Å². The molecule has 2 N–H and O–H groups in total. The zero-order valence-corrected chi connectivity index (χ0v) is 11.0. The minimum atomic E-state index is -1.28. The monoisotopic (exact) mass is 241 g/mol. The molecule has 0 spiro atoms. The third-order valence-electron chi connectivity index (χ3n) is 3.42. The third kappa shape index (κ3) is 3.72. The first-order chi connectivity index (χ1) is 7.90. The van der Waals surface area contributed by atoms with Gasteiger partial charge in [0.25, 0.3) is 0 Å². The first kappa shape index (κ1) is 14.0. The van der Waals surface area contributed by atoms with Crippen molar-refractivity contribution >= 4 is 11.9 Å². The van der Waals surface area contributed by atoms with Crippen LogP contribution in [0.3, 0.4) is 0 Å². The van der Waals surface area contributed by atoms with Crippen LogP contribution in [0.2, 0.25) is 0 Å². The summed E-state index contributed by atoms with van der Waals surface area (Å²) in [4.78, 5) is 23.3. The van der Waals surface area contributed by atoms with Crippen LogP contribution >= 0.6 is 0 Å². The van der Waals surface area contributed by atoms with Crippen LogP contribution in [0.5, 0.6) is 0 Å². The fraction of sp³-hybridized carbons (Fsp3) is 0.846. The van der Waals surface area contributed by atoms with Crippen LogP contribution in [-0.2, 0) is 9.59 Å². The van der Waals surface area contributed by atoms with Gasteiger partial charge in [-0.15, -0.1) is 0 Å². The minimum absolute atomic E-state index is 0.211. The summed E-state index contributed by atoms with van der Waals surface area (Å²) in [5, 5.41) is 12.1. The predicted molar refractivity (Wildman–Crippen MR) is 65.6 cm³/mol. The molecule has 4 heteroatoms. The molecule has 1 amide bonds. The Morgan fingerprint density at radius 1 is 1.47 bits per heavy atom. The Balaban J connectivity index is 2.65. The second-order valence-electron chi connectivity index (χ2n) is 5.48. The van der Waals surface area contributed by atoms with Gasteiger partial charge in [0, 0.05) is 6.04 Å². The van der Waals surface area contributed by atoms with E-state index in [4.69, 9.17) is 0 Å². The van der Waals surface area contributed by atoms with Gasteiger partial charge in [-0.3, -0.25) is 9.59 Å². The van der Waals surface area contributed by atoms with Crippen LogP contribution in [0.25, 0.3) is 0 Å². The number of nitrogens with one attached hydrogen (secondary N) is 1. The molecule has 0 bridgehead atoms. The van der Waals surface area contributed by atoms with E-state index in [2.05, 4.69) is 12.2 Å². The number of aliphatic carboxylic acids is 1. The van der Waals surface area contributed by atoms with Crippen molar-refractivity contribution in [2.24, 2.45) is 11.3 Å². The van der Waals surface area contributed by atoms with Crippen molar-refractivity contribution in [3.8, 4) is 0 Å². The van der Waals surface area contributed by atoms with Gasteiger partial charge in [0.05, 0.1) is 0 Å². The molecular weight excluding hydrogens is 218 g/mol. The summed E-state index contributed by atoms with van der Waals surface area (Å²) in [7, 11) is 0. The van der Waals surface area contributed by atoms with Crippen LogP contribution in [0.4, 0.5) is 0 Å². The number of amides is 1. The summed E-state index contributed by atoms with van der Waals surface area (Å²) in [5.41, 5.74) is -1.28. The van der Waals surface area contributed by atoms with Crippen LogP contribution in [0.15, 0.2) is 0 Å². The van der Waals surface area contributed by atoms with Crippen molar-refractivity contribution in [1.82, 2.24) is 5.32 Å². The Kier molecular flexibility index (Phi) is 4.54. The highest BCUT2D eigenvalue weighted by Crippen LogP contribution is 2.30. The van der Waals surface area contributed by atoms with Crippen LogP contribution in [0, 0.1) is 11.3 Å². The molecule has 0 heterocycles. The molecule has 0 aromatic heterocycles. The van der Waals surface area contributed by atoms with Gasteiger partial charge in [0.2, 0.25) is 5.91 Å². The molecule has 0 aromatic rings. The number of carboxylic acid groups (broad SMARTS) is 1. The van der Waals surface area contributed by atoms with E-state index in [1.807, 2.05) is 6.92 Å². The molecule has 0 radical (unpaired) electrons. The maximum atomic E-state index is 12.0. The second kappa shape index (κ2) is 5.52. The van der Waals surface area contributed by atoms with Gasteiger partial charge in [-0.05, 0) is 32.1 Å². The van der Waals surface area contributed by atoms with Crippen LogP contribution in [0.1, 0.15) is 52.9 Å². The van der Waals surface area contributed by atoms with E-state index in [-0.39, 0.29) is 17.9 Å². The van der Waals surface area contributed by atoms with E-state index < -0.39 is 11.4 Å². The average Bonchev–Trinajstić information content (AvgIpc) is 3.01. The maximum absolute atomic E-state index is 12.0. The van der Waals surface area contributed by atoms with E-state index in [1.54, 1.807) is 6.92 Å². The Morgan fingerprint density at radius 2 is 2.06 bits per heavy atom. The molecule has 98 valence electrons. The SMILES string of the molecule is CCCC(C)CC(C)(C(=O)O)C(=O)NC1CC1. The Morgan fingerprint density at radius 3 is 2.47 bits per heavy atom. The summed E-state index contributed by atoms with van der Waals surface area (Å²) >= 11 is 0. The number of hydrogen-bond donors (Lipinski definition) is 2. The second-order valence-corrected chi connectivity index (χ2v) is 5.48. The molecule has 2 unspecified atom stereocenters. The van der Waals surface area contributed by atoms with Crippen molar-refractivity contribution in [3.63, 3.8) is 0 Å². The summed E-state index contributed by atoms with van der Waals surface area (Å²) in [6.45, 7) is 5.62.